The van der Waals surface area contributed by atoms with Crippen LogP contribution in [0.5, 0.6) is 0 Å². The molecule has 48 valence electrons. The number of nitrogen functional groups attached to an aromatic ring is 1. The molecule has 9 heavy (non-hydrogen) atoms. The van der Waals surface area contributed by atoms with E-state index in [-0.39, 0.29) is 11.5 Å². The molecular formula is C3H5N5O. The fourth-order valence-corrected chi connectivity index (χ4v) is 0.417. The number of aromatic nitrogens is 3. The van der Waals surface area contributed by atoms with E-state index in [4.69, 9.17) is 11.5 Å². The topological polar surface area (TPSA) is 111 Å². The minimum atomic E-state index is -0.655. The Balaban J connectivity index is 3.08. The van der Waals surface area contributed by atoms with Gasteiger partial charge in [-0.15, -0.1) is 5.10 Å². The molecule has 0 aliphatic carbocycles. The standard InChI is InChI=1S/C3H5N5O/c4-2-1(3(5)9)6-8-7-2/h(H2,5,9)(H3,4,6,7,8). The predicted molar refractivity (Wildman–Crippen MR) is 29.3 cm³/mol. The van der Waals surface area contributed by atoms with Crippen LogP contribution in [0.2, 0.25) is 0 Å². The number of carbonyl (C=O) groups is 1. The molecule has 0 aliphatic heterocycles. The smallest absolute Gasteiger partial charge is 0.270 e. The number of carbonyl (C=O) groups excluding carboxylic acids is 1. The largest absolute Gasteiger partial charge is 0.380 e. The summed E-state index contributed by atoms with van der Waals surface area (Å²) in [6, 6.07) is 0. The normalized spacial score (nSPS) is 9.33. The molecule has 0 saturated heterocycles. The van der Waals surface area contributed by atoms with Gasteiger partial charge in [0.25, 0.3) is 5.91 Å². The Kier molecular flexibility index (Phi) is 1.07. The summed E-state index contributed by atoms with van der Waals surface area (Å²) in [5, 5.41) is 8.80. The monoisotopic (exact) mass is 127 g/mol. The van der Waals surface area contributed by atoms with Crippen LogP contribution >= 0.6 is 0 Å². The lowest BCUT2D eigenvalue weighted by Gasteiger charge is -1.84. The quantitative estimate of drug-likeness (QED) is 0.425. The van der Waals surface area contributed by atoms with Crippen LogP contribution in [-0.2, 0) is 0 Å². The first-order valence-electron chi connectivity index (χ1n) is 2.18. The molecule has 0 aliphatic rings. The fourth-order valence-electron chi connectivity index (χ4n) is 0.417. The van der Waals surface area contributed by atoms with E-state index < -0.39 is 5.91 Å². The summed E-state index contributed by atoms with van der Waals surface area (Å²) in [6.07, 6.45) is 0. The Morgan fingerprint density at radius 1 is 1.67 bits per heavy atom. The van der Waals surface area contributed by atoms with E-state index in [1.165, 1.54) is 0 Å². The first-order chi connectivity index (χ1) is 4.22. The molecule has 0 aromatic carbocycles. The van der Waals surface area contributed by atoms with Crippen molar-refractivity contribution in [3.63, 3.8) is 0 Å². The highest BCUT2D eigenvalue weighted by Gasteiger charge is 2.06. The van der Waals surface area contributed by atoms with E-state index in [2.05, 4.69) is 15.4 Å². The van der Waals surface area contributed by atoms with Crippen molar-refractivity contribution >= 4 is 11.7 Å². The minimum Gasteiger partial charge on any atom is -0.380 e. The molecule has 6 nitrogen and oxygen atoms in total. The average molecular weight is 127 g/mol. The van der Waals surface area contributed by atoms with Crippen molar-refractivity contribution in [1.29, 1.82) is 0 Å². The number of rotatable bonds is 1. The summed E-state index contributed by atoms with van der Waals surface area (Å²) in [5.74, 6) is -0.625. The van der Waals surface area contributed by atoms with Gasteiger partial charge >= 0.3 is 0 Å². The summed E-state index contributed by atoms with van der Waals surface area (Å²) in [6.45, 7) is 0. The predicted octanol–water partition coefficient (Wildman–Crippen LogP) is -1.51. The number of aromatic amines is 1. The van der Waals surface area contributed by atoms with Crippen molar-refractivity contribution in [2.45, 2.75) is 0 Å². The number of nitrogens with two attached hydrogens (primary N) is 2. The summed E-state index contributed by atoms with van der Waals surface area (Å²) >= 11 is 0. The van der Waals surface area contributed by atoms with E-state index >= 15 is 0 Å². The lowest BCUT2D eigenvalue weighted by molar-refractivity contribution is 0.0996. The Morgan fingerprint density at radius 3 is 2.56 bits per heavy atom. The van der Waals surface area contributed by atoms with E-state index in [1.54, 1.807) is 0 Å². The maximum atomic E-state index is 10.3. The molecular weight excluding hydrogens is 122 g/mol. The molecule has 1 amide bonds. The third-order valence-corrected chi connectivity index (χ3v) is 0.822. The molecule has 0 saturated carbocycles. The average Bonchev–Trinajstić information content (AvgIpc) is 2.13. The summed E-state index contributed by atoms with van der Waals surface area (Å²) in [4.78, 5) is 10.3. The van der Waals surface area contributed by atoms with Gasteiger partial charge in [0.15, 0.2) is 11.5 Å². The van der Waals surface area contributed by atoms with Gasteiger partial charge in [0.2, 0.25) is 0 Å². The lowest BCUT2D eigenvalue weighted by Crippen LogP contribution is -2.13. The van der Waals surface area contributed by atoms with Gasteiger partial charge in [0, 0.05) is 0 Å². The minimum absolute atomic E-state index is 0.0301. The van der Waals surface area contributed by atoms with Crippen molar-refractivity contribution in [2.75, 3.05) is 5.73 Å². The molecule has 1 heterocycles. The van der Waals surface area contributed by atoms with Crippen molar-refractivity contribution in [3.8, 4) is 0 Å². The second kappa shape index (κ2) is 1.73. The van der Waals surface area contributed by atoms with Gasteiger partial charge in [-0.2, -0.15) is 0 Å². The second-order valence-corrected chi connectivity index (χ2v) is 1.44. The van der Waals surface area contributed by atoms with Crippen molar-refractivity contribution in [1.82, 2.24) is 15.4 Å². The summed E-state index contributed by atoms with van der Waals surface area (Å²) in [5.41, 5.74) is 10.0. The SMILES string of the molecule is NC(=O)c1[nH]nnc1N. The maximum Gasteiger partial charge on any atom is 0.270 e. The van der Waals surface area contributed by atoms with Gasteiger partial charge in [-0.25, -0.2) is 0 Å². The molecule has 1 aromatic heterocycles. The number of H-pyrrole nitrogens is 1. The Hall–Kier alpha value is -1.59. The molecule has 1 aromatic rings. The molecule has 0 bridgehead atoms. The molecule has 1 rings (SSSR count). The number of nitrogens with zero attached hydrogens (tertiary/aromatic N) is 2. The highest BCUT2D eigenvalue weighted by Crippen LogP contribution is 1.98. The number of hydrogen-bond acceptors (Lipinski definition) is 4. The van der Waals surface area contributed by atoms with Gasteiger partial charge in [-0.05, 0) is 0 Å². The van der Waals surface area contributed by atoms with Crippen LogP contribution in [-0.4, -0.2) is 21.3 Å². The molecule has 0 atom stereocenters. The lowest BCUT2D eigenvalue weighted by atomic mass is 10.4. The Labute approximate surface area is 50.2 Å². The summed E-state index contributed by atoms with van der Waals surface area (Å²) in [7, 11) is 0. The number of nitrogens with one attached hydrogen (secondary N) is 1. The van der Waals surface area contributed by atoms with E-state index in [0.717, 1.165) is 0 Å². The van der Waals surface area contributed by atoms with Gasteiger partial charge in [-0.1, -0.05) is 5.21 Å². The first kappa shape index (κ1) is 5.54. The van der Waals surface area contributed by atoms with Crippen LogP contribution in [0.25, 0.3) is 0 Å². The highest BCUT2D eigenvalue weighted by molar-refractivity contribution is 5.94. The van der Waals surface area contributed by atoms with Crippen LogP contribution in [0.3, 0.4) is 0 Å². The van der Waals surface area contributed by atoms with Gasteiger partial charge in [-0.3, -0.25) is 9.89 Å². The van der Waals surface area contributed by atoms with E-state index in [1.807, 2.05) is 0 Å². The number of primary amides is 1. The molecule has 0 radical (unpaired) electrons. The van der Waals surface area contributed by atoms with Crippen LogP contribution < -0.4 is 11.5 Å². The van der Waals surface area contributed by atoms with Crippen LogP contribution in [0.1, 0.15) is 10.5 Å². The summed E-state index contributed by atoms with van der Waals surface area (Å²) < 4.78 is 0. The fraction of sp³-hybridized carbons (Fsp3) is 0. The van der Waals surface area contributed by atoms with Gasteiger partial charge in [0.1, 0.15) is 0 Å². The molecule has 6 heteroatoms. The molecule has 5 N–H and O–H groups in total. The molecule has 0 unspecified atom stereocenters. The maximum absolute atomic E-state index is 10.3. The van der Waals surface area contributed by atoms with Crippen molar-refractivity contribution < 1.29 is 4.79 Å². The van der Waals surface area contributed by atoms with Crippen molar-refractivity contribution in [3.05, 3.63) is 5.69 Å². The second-order valence-electron chi connectivity index (χ2n) is 1.44. The first-order valence-corrected chi connectivity index (χ1v) is 2.18. The number of anilines is 1. The Bertz CT molecular complexity index is 228. The van der Waals surface area contributed by atoms with E-state index in [0.29, 0.717) is 0 Å². The third-order valence-electron chi connectivity index (χ3n) is 0.822. The number of hydrogen-bond donors (Lipinski definition) is 3. The zero-order valence-electron chi connectivity index (χ0n) is 4.46. The molecule has 0 spiro atoms. The van der Waals surface area contributed by atoms with Crippen LogP contribution in [0.4, 0.5) is 5.82 Å². The third kappa shape index (κ3) is 0.809. The van der Waals surface area contributed by atoms with E-state index in [9.17, 15) is 4.79 Å². The molecule has 0 fully saturated rings. The number of amides is 1. The highest BCUT2D eigenvalue weighted by atomic mass is 16.1. The van der Waals surface area contributed by atoms with Crippen LogP contribution in [0, 0.1) is 0 Å². The zero-order valence-corrected chi connectivity index (χ0v) is 4.46. The zero-order chi connectivity index (χ0) is 6.85. The van der Waals surface area contributed by atoms with Crippen LogP contribution in [0.15, 0.2) is 0 Å². The Morgan fingerprint density at radius 2 is 2.33 bits per heavy atom. The van der Waals surface area contributed by atoms with Crippen molar-refractivity contribution in [2.24, 2.45) is 5.73 Å². The van der Waals surface area contributed by atoms with Gasteiger partial charge in [0.05, 0.1) is 0 Å². The van der Waals surface area contributed by atoms with Gasteiger partial charge < -0.3 is 11.5 Å².